The Labute approximate surface area is 111 Å². The van der Waals surface area contributed by atoms with Gasteiger partial charge in [-0.05, 0) is 26.2 Å². The number of urea groups is 1. The summed E-state index contributed by atoms with van der Waals surface area (Å²) in [7, 11) is 0. The summed E-state index contributed by atoms with van der Waals surface area (Å²) in [4.78, 5) is 24.8. The van der Waals surface area contributed by atoms with Crippen LogP contribution in [-0.2, 0) is 4.79 Å². The SMILES string of the molecule is CC1CSCCN1C(=O)NC1CCC(C(=O)O)C1. The molecule has 2 fully saturated rings. The highest BCUT2D eigenvalue weighted by Gasteiger charge is 2.32. The van der Waals surface area contributed by atoms with Crippen LogP contribution in [0.25, 0.3) is 0 Å². The molecule has 6 heteroatoms. The largest absolute Gasteiger partial charge is 0.481 e. The first-order valence-electron chi connectivity index (χ1n) is 6.45. The summed E-state index contributed by atoms with van der Waals surface area (Å²) in [6.45, 7) is 2.84. The number of aliphatic carboxylic acids is 1. The molecular weight excluding hydrogens is 252 g/mol. The molecular formula is C12H20N2O3S. The van der Waals surface area contributed by atoms with Gasteiger partial charge in [0.25, 0.3) is 0 Å². The van der Waals surface area contributed by atoms with Crippen LogP contribution in [0.4, 0.5) is 4.79 Å². The van der Waals surface area contributed by atoms with Gasteiger partial charge in [0.1, 0.15) is 0 Å². The van der Waals surface area contributed by atoms with Gasteiger partial charge in [0.2, 0.25) is 0 Å². The summed E-state index contributed by atoms with van der Waals surface area (Å²) >= 11 is 1.87. The second-order valence-corrected chi connectivity index (χ2v) is 6.26. The first kappa shape index (κ1) is 13.5. The maximum atomic E-state index is 12.1. The second kappa shape index (κ2) is 5.82. The van der Waals surface area contributed by atoms with Gasteiger partial charge in [0.05, 0.1) is 5.92 Å². The number of carbonyl (C=O) groups excluding carboxylic acids is 1. The van der Waals surface area contributed by atoms with Crippen molar-refractivity contribution in [1.29, 1.82) is 0 Å². The number of amides is 2. The van der Waals surface area contributed by atoms with Crippen molar-refractivity contribution in [3.8, 4) is 0 Å². The van der Waals surface area contributed by atoms with E-state index in [9.17, 15) is 9.59 Å². The van der Waals surface area contributed by atoms with Gasteiger partial charge < -0.3 is 15.3 Å². The molecule has 18 heavy (non-hydrogen) atoms. The molecule has 1 aliphatic heterocycles. The van der Waals surface area contributed by atoms with E-state index in [1.807, 2.05) is 16.7 Å². The Hall–Kier alpha value is -0.910. The summed E-state index contributed by atoms with van der Waals surface area (Å²) < 4.78 is 0. The van der Waals surface area contributed by atoms with E-state index in [4.69, 9.17) is 5.11 Å². The fourth-order valence-electron chi connectivity index (χ4n) is 2.62. The third kappa shape index (κ3) is 3.10. The maximum absolute atomic E-state index is 12.1. The van der Waals surface area contributed by atoms with E-state index < -0.39 is 5.97 Å². The number of hydrogen-bond acceptors (Lipinski definition) is 3. The average molecular weight is 272 g/mol. The second-order valence-electron chi connectivity index (χ2n) is 5.11. The summed E-state index contributed by atoms with van der Waals surface area (Å²) in [5.74, 6) is 0.940. The molecule has 1 saturated heterocycles. The maximum Gasteiger partial charge on any atom is 0.317 e. The molecule has 1 aliphatic carbocycles. The molecule has 1 heterocycles. The van der Waals surface area contributed by atoms with Gasteiger partial charge in [0.15, 0.2) is 0 Å². The van der Waals surface area contributed by atoms with Crippen molar-refractivity contribution in [3.63, 3.8) is 0 Å². The number of hydrogen-bond donors (Lipinski definition) is 2. The highest BCUT2D eigenvalue weighted by atomic mass is 32.2. The van der Waals surface area contributed by atoms with E-state index in [1.54, 1.807) is 0 Å². The van der Waals surface area contributed by atoms with Crippen LogP contribution in [-0.4, -0.2) is 52.1 Å². The lowest BCUT2D eigenvalue weighted by molar-refractivity contribution is -0.141. The number of rotatable bonds is 2. The molecule has 2 rings (SSSR count). The molecule has 0 aromatic carbocycles. The lowest BCUT2D eigenvalue weighted by Crippen LogP contribution is -2.51. The highest BCUT2D eigenvalue weighted by molar-refractivity contribution is 7.99. The van der Waals surface area contributed by atoms with Gasteiger partial charge in [0, 0.05) is 30.1 Å². The minimum Gasteiger partial charge on any atom is -0.481 e. The van der Waals surface area contributed by atoms with E-state index in [0.29, 0.717) is 12.8 Å². The lowest BCUT2D eigenvalue weighted by Gasteiger charge is -2.34. The predicted octanol–water partition coefficient (Wildman–Crippen LogP) is 1.39. The van der Waals surface area contributed by atoms with Crippen LogP contribution in [0, 0.1) is 5.92 Å². The van der Waals surface area contributed by atoms with Crippen LogP contribution in [0.2, 0.25) is 0 Å². The number of nitrogens with one attached hydrogen (secondary N) is 1. The van der Waals surface area contributed by atoms with Crippen molar-refractivity contribution in [2.75, 3.05) is 18.1 Å². The Balaban J connectivity index is 1.82. The van der Waals surface area contributed by atoms with Gasteiger partial charge >= 0.3 is 12.0 Å². The van der Waals surface area contributed by atoms with E-state index in [-0.39, 0.29) is 24.0 Å². The Morgan fingerprint density at radius 3 is 2.78 bits per heavy atom. The molecule has 102 valence electrons. The highest BCUT2D eigenvalue weighted by Crippen LogP contribution is 2.26. The van der Waals surface area contributed by atoms with Gasteiger partial charge in [-0.15, -0.1) is 0 Å². The van der Waals surface area contributed by atoms with Crippen LogP contribution in [0.5, 0.6) is 0 Å². The topological polar surface area (TPSA) is 69.6 Å². The first-order chi connectivity index (χ1) is 8.58. The third-order valence-electron chi connectivity index (χ3n) is 3.74. The number of carboxylic acids is 1. The fraction of sp³-hybridized carbons (Fsp3) is 0.833. The van der Waals surface area contributed by atoms with Crippen molar-refractivity contribution in [3.05, 3.63) is 0 Å². The molecule has 1 saturated carbocycles. The zero-order valence-corrected chi connectivity index (χ0v) is 11.4. The van der Waals surface area contributed by atoms with Crippen LogP contribution in [0.15, 0.2) is 0 Å². The third-order valence-corrected chi connectivity index (χ3v) is 4.93. The van der Waals surface area contributed by atoms with Gasteiger partial charge in [-0.25, -0.2) is 4.79 Å². The molecule has 5 nitrogen and oxygen atoms in total. The quantitative estimate of drug-likeness (QED) is 0.797. The van der Waals surface area contributed by atoms with Crippen LogP contribution >= 0.6 is 11.8 Å². The zero-order chi connectivity index (χ0) is 13.1. The van der Waals surface area contributed by atoms with Crippen LogP contribution in [0.3, 0.4) is 0 Å². The number of nitrogens with zero attached hydrogens (tertiary/aromatic N) is 1. The van der Waals surface area contributed by atoms with Crippen LogP contribution < -0.4 is 5.32 Å². The normalized spacial score (nSPS) is 32.3. The van der Waals surface area contributed by atoms with Crippen molar-refractivity contribution < 1.29 is 14.7 Å². The minimum atomic E-state index is -0.741. The Morgan fingerprint density at radius 2 is 2.17 bits per heavy atom. The Morgan fingerprint density at radius 1 is 1.39 bits per heavy atom. The van der Waals surface area contributed by atoms with Crippen LogP contribution in [0.1, 0.15) is 26.2 Å². The van der Waals surface area contributed by atoms with E-state index >= 15 is 0 Å². The van der Waals surface area contributed by atoms with Crippen molar-refractivity contribution in [2.24, 2.45) is 5.92 Å². The lowest BCUT2D eigenvalue weighted by atomic mass is 10.1. The molecule has 2 amide bonds. The minimum absolute atomic E-state index is 0.0281. The number of carbonyl (C=O) groups is 2. The molecule has 3 atom stereocenters. The Bertz CT molecular complexity index is 337. The predicted molar refractivity (Wildman–Crippen MR) is 70.8 cm³/mol. The summed E-state index contributed by atoms with van der Waals surface area (Å²) in [6.07, 6.45) is 2.02. The molecule has 0 bridgehead atoms. The van der Waals surface area contributed by atoms with Gasteiger partial charge in [-0.1, -0.05) is 0 Å². The molecule has 0 aromatic heterocycles. The number of carboxylic acid groups (broad SMARTS) is 1. The summed E-state index contributed by atoms with van der Waals surface area (Å²) in [5.41, 5.74) is 0. The number of thioether (sulfide) groups is 1. The molecule has 2 aliphatic rings. The van der Waals surface area contributed by atoms with Gasteiger partial charge in [-0.2, -0.15) is 11.8 Å². The standard InChI is InChI=1S/C12H20N2O3S/c1-8-7-18-5-4-14(8)12(17)13-10-3-2-9(6-10)11(15)16/h8-10H,2-7H2,1H3,(H,13,17)(H,15,16). The molecule has 0 spiro atoms. The van der Waals surface area contributed by atoms with E-state index in [2.05, 4.69) is 12.2 Å². The van der Waals surface area contributed by atoms with E-state index in [1.165, 1.54) is 0 Å². The van der Waals surface area contributed by atoms with Crippen molar-refractivity contribution >= 4 is 23.8 Å². The molecule has 3 unspecified atom stereocenters. The smallest absolute Gasteiger partial charge is 0.317 e. The summed E-state index contributed by atoms with van der Waals surface area (Å²) in [5, 5.41) is 11.9. The monoisotopic (exact) mass is 272 g/mol. The zero-order valence-electron chi connectivity index (χ0n) is 10.6. The summed E-state index contributed by atoms with van der Waals surface area (Å²) in [6, 6.07) is 0.264. The first-order valence-corrected chi connectivity index (χ1v) is 7.61. The molecule has 0 radical (unpaired) electrons. The average Bonchev–Trinajstić information content (AvgIpc) is 2.78. The fourth-order valence-corrected chi connectivity index (χ4v) is 3.64. The van der Waals surface area contributed by atoms with Crippen molar-refractivity contribution in [1.82, 2.24) is 10.2 Å². The molecule has 0 aromatic rings. The van der Waals surface area contributed by atoms with Crippen molar-refractivity contribution in [2.45, 2.75) is 38.3 Å². The molecule has 2 N–H and O–H groups in total. The van der Waals surface area contributed by atoms with E-state index in [0.717, 1.165) is 24.5 Å². The Kier molecular flexibility index (Phi) is 4.37. The van der Waals surface area contributed by atoms with Gasteiger partial charge in [-0.3, -0.25) is 4.79 Å².